The predicted molar refractivity (Wildman–Crippen MR) is 67.1 cm³/mol. The maximum atomic E-state index is 11.9. The van der Waals surface area contributed by atoms with Crippen molar-refractivity contribution in [2.75, 3.05) is 7.05 Å². The number of hydrogen-bond acceptors (Lipinski definition) is 3. The second-order valence-corrected chi connectivity index (χ2v) is 4.77. The quantitative estimate of drug-likeness (QED) is 0.817. The molecule has 0 spiro atoms. The first-order valence-corrected chi connectivity index (χ1v) is 6.21. The fourth-order valence-corrected chi connectivity index (χ4v) is 2.63. The SMILES string of the molecule is CNC1CCCc2c1ccc(=O)n2CC(C)O. The first-order valence-electron chi connectivity index (χ1n) is 6.21. The van der Waals surface area contributed by atoms with Crippen LogP contribution in [-0.4, -0.2) is 22.8 Å². The number of pyridine rings is 1. The van der Waals surface area contributed by atoms with Crippen LogP contribution in [0.3, 0.4) is 0 Å². The van der Waals surface area contributed by atoms with Crippen LogP contribution in [0.1, 0.15) is 37.1 Å². The van der Waals surface area contributed by atoms with Crippen LogP contribution in [0.4, 0.5) is 0 Å². The first kappa shape index (κ1) is 12.3. The fraction of sp³-hybridized carbons (Fsp3) is 0.615. The smallest absolute Gasteiger partial charge is 0.250 e. The minimum atomic E-state index is -0.492. The van der Waals surface area contributed by atoms with Gasteiger partial charge in [-0.3, -0.25) is 4.79 Å². The molecule has 1 aromatic heterocycles. The zero-order valence-corrected chi connectivity index (χ0v) is 10.4. The largest absolute Gasteiger partial charge is 0.392 e. The van der Waals surface area contributed by atoms with Crippen molar-refractivity contribution in [3.8, 4) is 0 Å². The summed E-state index contributed by atoms with van der Waals surface area (Å²) in [7, 11) is 1.95. The fourth-order valence-electron chi connectivity index (χ4n) is 2.63. The highest BCUT2D eigenvalue weighted by molar-refractivity contribution is 5.27. The molecular formula is C13H20N2O2. The Bertz CT molecular complexity index is 451. The van der Waals surface area contributed by atoms with Crippen LogP contribution in [-0.2, 0) is 13.0 Å². The molecule has 0 fully saturated rings. The molecule has 94 valence electrons. The van der Waals surface area contributed by atoms with Gasteiger partial charge in [0.25, 0.3) is 5.56 Å². The molecule has 2 N–H and O–H groups in total. The van der Waals surface area contributed by atoms with Gasteiger partial charge in [-0.25, -0.2) is 0 Å². The monoisotopic (exact) mass is 236 g/mol. The third-order valence-electron chi connectivity index (χ3n) is 3.41. The van der Waals surface area contributed by atoms with Crippen LogP contribution in [0, 0.1) is 0 Å². The first-order chi connectivity index (χ1) is 8.13. The van der Waals surface area contributed by atoms with Gasteiger partial charge < -0.3 is 15.0 Å². The van der Waals surface area contributed by atoms with Gasteiger partial charge in [0.15, 0.2) is 0 Å². The van der Waals surface area contributed by atoms with Crippen molar-refractivity contribution in [2.45, 2.75) is 44.9 Å². The highest BCUT2D eigenvalue weighted by atomic mass is 16.3. The number of aliphatic hydroxyl groups excluding tert-OH is 1. The average molecular weight is 236 g/mol. The Morgan fingerprint density at radius 2 is 2.35 bits per heavy atom. The molecule has 2 atom stereocenters. The summed E-state index contributed by atoms with van der Waals surface area (Å²) < 4.78 is 1.73. The molecule has 2 rings (SSSR count). The van der Waals surface area contributed by atoms with E-state index in [1.807, 2.05) is 13.1 Å². The molecule has 0 saturated heterocycles. The van der Waals surface area contributed by atoms with Gasteiger partial charge in [0.05, 0.1) is 12.6 Å². The molecule has 0 aliphatic heterocycles. The predicted octanol–water partition coefficient (Wildman–Crippen LogP) is 0.826. The molecule has 0 amide bonds. The number of fused-ring (bicyclic) bond motifs is 1. The lowest BCUT2D eigenvalue weighted by Crippen LogP contribution is -2.32. The third-order valence-corrected chi connectivity index (χ3v) is 3.41. The maximum absolute atomic E-state index is 11.9. The van der Waals surface area contributed by atoms with Crippen molar-refractivity contribution < 1.29 is 5.11 Å². The molecular weight excluding hydrogens is 216 g/mol. The van der Waals surface area contributed by atoms with Crippen molar-refractivity contribution in [2.24, 2.45) is 0 Å². The number of nitrogens with one attached hydrogen (secondary N) is 1. The normalized spacial score (nSPS) is 21.0. The molecule has 17 heavy (non-hydrogen) atoms. The van der Waals surface area contributed by atoms with Gasteiger partial charge in [0.1, 0.15) is 0 Å². The minimum Gasteiger partial charge on any atom is -0.392 e. The summed E-state index contributed by atoms with van der Waals surface area (Å²) in [6.45, 7) is 2.10. The Morgan fingerprint density at radius 3 is 3.00 bits per heavy atom. The summed E-state index contributed by atoms with van der Waals surface area (Å²) >= 11 is 0. The Balaban J connectivity index is 2.48. The molecule has 2 unspecified atom stereocenters. The molecule has 1 heterocycles. The van der Waals surface area contributed by atoms with Crippen molar-refractivity contribution >= 4 is 0 Å². The van der Waals surface area contributed by atoms with Crippen molar-refractivity contribution in [1.82, 2.24) is 9.88 Å². The second-order valence-electron chi connectivity index (χ2n) is 4.77. The summed E-state index contributed by atoms with van der Waals surface area (Å²) in [6.07, 6.45) is 2.63. The van der Waals surface area contributed by atoms with Crippen LogP contribution in [0.25, 0.3) is 0 Å². The lowest BCUT2D eigenvalue weighted by molar-refractivity contribution is 0.170. The van der Waals surface area contributed by atoms with E-state index in [0.717, 1.165) is 25.0 Å². The summed E-state index contributed by atoms with van der Waals surface area (Å²) in [5, 5.41) is 12.8. The van der Waals surface area contributed by atoms with Crippen molar-refractivity contribution in [3.05, 3.63) is 33.7 Å². The average Bonchev–Trinajstić information content (AvgIpc) is 2.31. The van der Waals surface area contributed by atoms with E-state index >= 15 is 0 Å². The minimum absolute atomic E-state index is 0.0126. The van der Waals surface area contributed by atoms with Crippen LogP contribution in [0.5, 0.6) is 0 Å². The van der Waals surface area contributed by atoms with Gasteiger partial charge in [-0.1, -0.05) is 6.07 Å². The highest BCUT2D eigenvalue weighted by Crippen LogP contribution is 2.28. The van der Waals surface area contributed by atoms with E-state index in [4.69, 9.17) is 0 Å². The maximum Gasteiger partial charge on any atom is 0.250 e. The molecule has 0 aromatic carbocycles. The molecule has 1 aromatic rings. The van der Waals surface area contributed by atoms with Gasteiger partial charge >= 0.3 is 0 Å². The van der Waals surface area contributed by atoms with Gasteiger partial charge in [0.2, 0.25) is 0 Å². The van der Waals surface area contributed by atoms with Gasteiger partial charge in [-0.2, -0.15) is 0 Å². The lowest BCUT2D eigenvalue weighted by Gasteiger charge is -2.28. The zero-order chi connectivity index (χ0) is 12.4. The van der Waals surface area contributed by atoms with Crippen LogP contribution >= 0.6 is 0 Å². The summed E-state index contributed by atoms with van der Waals surface area (Å²) in [5.74, 6) is 0. The molecule has 4 heteroatoms. The number of aromatic nitrogens is 1. The summed E-state index contributed by atoms with van der Waals surface area (Å²) in [5.41, 5.74) is 2.28. The molecule has 0 bridgehead atoms. The topological polar surface area (TPSA) is 54.3 Å². The molecule has 0 radical (unpaired) electrons. The molecule has 1 aliphatic rings. The summed E-state index contributed by atoms with van der Waals surface area (Å²) in [4.78, 5) is 11.9. The van der Waals surface area contributed by atoms with Crippen molar-refractivity contribution in [3.63, 3.8) is 0 Å². The van der Waals surface area contributed by atoms with E-state index in [1.54, 1.807) is 17.6 Å². The van der Waals surface area contributed by atoms with Gasteiger partial charge in [-0.15, -0.1) is 0 Å². The Labute approximate surface area is 101 Å². The number of nitrogens with zero attached hydrogens (tertiary/aromatic N) is 1. The van der Waals surface area contributed by atoms with E-state index < -0.39 is 6.10 Å². The Hall–Kier alpha value is -1.13. The van der Waals surface area contributed by atoms with E-state index in [0.29, 0.717) is 12.6 Å². The van der Waals surface area contributed by atoms with E-state index in [2.05, 4.69) is 5.32 Å². The molecule has 4 nitrogen and oxygen atoms in total. The van der Waals surface area contributed by atoms with Crippen LogP contribution in [0.2, 0.25) is 0 Å². The van der Waals surface area contributed by atoms with E-state index in [9.17, 15) is 9.90 Å². The lowest BCUT2D eigenvalue weighted by atomic mass is 9.91. The molecule has 0 saturated carbocycles. The zero-order valence-electron chi connectivity index (χ0n) is 10.4. The second kappa shape index (κ2) is 5.02. The van der Waals surface area contributed by atoms with E-state index in [-0.39, 0.29) is 5.56 Å². The van der Waals surface area contributed by atoms with E-state index in [1.165, 1.54) is 5.56 Å². The number of aliphatic hydroxyl groups is 1. The Kier molecular flexibility index (Phi) is 3.64. The summed E-state index contributed by atoms with van der Waals surface area (Å²) in [6, 6.07) is 3.87. The van der Waals surface area contributed by atoms with Crippen molar-refractivity contribution in [1.29, 1.82) is 0 Å². The van der Waals surface area contributed by atoms with Gasteiger partial charge in [0, 0.05) is 17.8 Å². The number of hydrogen-bond donors (Lipinski definition) is 2. The van der Waals surface area contributed by atoms with Crippen LogP contribution < -0.4 is 10.9 Å². The molecule has 1 aliphatic carbocycles. The number of rotatable bonds is 3. The highest BCUT2D eigenvalue weighted by Gasteiger charge is 2.22. The Morgan fingerprint density at radius 1 is 1.59 bits per heavy atom. The van der Waals surface area contributed by atoms with Crippen LogP contribution in [0.15, 0.2) is 16.9 Å². The van der Waals surface area contributed by atoms with Gasteiger partial charge in [-0.05, 0) is 38.8 Å². The standard InChI is InChI=1S/C13H20N2O2/c1-9(16)8-15-12-5-3-4-11(14-2)10(12)6-7-13(15)17/h6-7,9,11,14,16H,3-5,8H2,1-2H3. The third kappa shape index (κ3) is 2.42.